The van der Waals surface area contributed by atoms with Crippen molar-refractivity contribution in [1.82, 2.24) is 0 Å². The molecule has 35 heavy (non-hydrogen) atoms. The van der Waals surface area contributed by atoms with Crippen LogP contribution in [0.1, 0.15) is 34.1 Å². The Balaban J connectivity index is 1.86. The monoisotopic (exact) mass is 496 g/mol. The molecule has 7 heteroatoms. The normalized spacial score (nSPS) is 20.3. The quantitative estimate of drug-likeness (QED) is 0.280. The summed E-state index contributed by atoms with van der Waals surface area (Å²) in [5.41, 5.74) is 0. The van der Waals surface area contributed by atoms with Crippen LogP contribution in [0.25, 0.3) is 0 Å². The molecule has 3 N–H and O–H groups in total. The van der Waals surface area contributed by atoms with E-state index in [1.807, 2.05) is 36.4 Å². The Morgan fingerprint density at radius 3 is 2.00 bits per heavy atom. The molecule has 1 heterocycles. The molecule has 2 aromatic carbocycles. The summed E-state index contributed by atoms with van der Waals surface area (Å²) >= 11 is 0. The zero-order valence-corrected chi connectivity index (χ0v) is 21.7. The minimum absolute atomic E-state index is 0.300. The molecule has 5 atom stereocenters. The first-order chi connectivity index (χ1) is 16.6. The average molecular weight is 497 g/mol. The number of benzene rings is 2. The summed E-state index contributed by atoms with van der Waals surface area (Å²) in [6.07, 6.45) is 0.893. The summed E-state index contributed by atoms with van der Waals surface area (Å²) < 4.78 is 12.0. The number of aliphatic hydroxyl groups excluding tert-OH is 3. The Labute approximate surface area is 208 Å². The smallest absolute Gasteiger partial charge is 0.331 e. The molecule has 0 amide bonds. The molecule has 0 aromatic heterocycles. The molecule has 0 fully saturated rings. The highest BCUT2D eigenvalue weighted by molar-refractivity contribution is 6.99. The van der Waals surface area contributed by atoms with Gasteiger partial charge in [-0.25, -0.2) is 4.79 Å². The molecule has 6 nitrogen and oxygen atoms in total. The molecule has 188 valence electrons. The Hall–Kier alpha value is -2.55. The van der Waals surface area contributed by atoms with E-state index in [1.54, 1.807) is 13.0 Å². The number of hydrogen-bond acceptors (Lipinski definition) is 6. The topological polar surface area (TPSA) is 96.2 Å². The summed E-state index contributed by atoms with van der Waals surface area (Å²) in [6.45, 7) is 8.11. The maximum absolute atomic E-state index is 11.4. The first-order valence-electron chi connectivity index (χ1n) is 11.9. The molecule has 0 unspecified atom stereocenters. The van der Waals surface area contributed by atoms with E-state index in [9.17, 15) is 20.1 Å². The van der Waals surface area contributed by atoms with E-state index in [0.29, 0.717) is 6.42 Å². The Morgan fingerprint density at radius 1 is 0.971 bits per heavy atom. The van der Waals surface area contributed by atoms with Crippen LogP contribution < -0.4 is 10.4 Å². The standard InChI is InChI=1S/C28H36O6Si/c1-20(26(31)27(32)24(29)19-18-21-12-11-17-25(30)33-21)34-35(28(2,3)4,22-13-7-5-8-14-22)23-15-9-6-10-16-23/h5-11,13-21,24,26-27,29,31-32H,12H2,1-4H3/b19-18+/t20-,21+,24-,26-,27-/m1/s1. The van der Waals surface area contributed by atoms with Gasteiger partial charge in [-0.1, -0.05) is 93.6 Å². The van der Waals surface area contributed by atoms with Gasteiger partial charge >= 0.3 is 5.97 Å². The van der Waals surface area contributed by atoms with Gasteiger partial charge in [-0.05, 0) is 28.4 Å². The molecule has 0 aliphatic carbocycles. The van der Waals surface area contributed by atoms with Crippen molar-refractivity contribution < 1.29 is 29.3 Å². The molecule has 0 radical (unpaired) electrons. The van der Waals surface area contributed by atoms with Gasteiger partial charge in [0.05, 0.1) is 6.10 Å². The molecular weight excluding hydrogens is 460 g/mol. The van der Waals surface area contributed by atoms with Gasteiger partial charge in [0.2, 0.25) is 0 Å². The second-order valence-corrected chi connectivity index (χ2v) is 14.2. The third-order valence-electron chi connectivity index (χ3n) is 6.37. The Bertz CT molecular complexity index is 975. The lowest BCUT2D eigenvalue weighted by Gasteiger charge is -2.45. The second-order valence-electron chi connectivity index (χ2n) is 9.96. The summed E-state index contributed by atoms with van der Waals surface area (Å²) in [5.74, 6) is -0.451. The third-order valence-corrected chi connectivity index (χ3v) is 11.5. The zero-order valence-electron chi connectivity index (χ0n) is 20.7. The minimum Gasteiger partial charge on any atom is -0.455 e. The predicted molar refractivity (Wildman–Crippen MR) is 139 cm³/mol. The minimum atomic E-state index is -2.94. The molecular formula is C28H36O6Si. The molecule has 0 saturated heterocycles. The Morgan fingerprint density at radius 2 is 1.51 bits per heavy atom. The second kappa shape index (κ2) is 11.5. The van der Waals surface area contributed by atoms with Crippen molar-refractivity contribution in [1.29, 1.82) is 0 Å². The van der Waals surface area contributed by atoms with E-state index in [1.165, 1.54) is 18.2 Å². The number of carbonyl (C=O) groups is 1. The number of hydrogen-bond donors (Lipinski definition) is 3. The lowest BCUT2D eigenvalue weighted by molar-refractivity contribution is -0.141. The van der Waals surface area contributed by atoms with E-state index in [2.05, 4.69) is 45.0 Å². The van der Waals surface area contributed by atoms with E-state index in [-0.39, 0.29) is 5.04 Å². The average Bonchev–Trinajstić information content (AvgIpc) is 2.85. The lowest BCUT2D eigenvalue weighted by atomic mass is 10.0. The van der Waals surface area contributed by atoms with Crippen LogP contribution in [0.5, 0.6) is 0 Å². The van der Waals surface area contributed by atoms with Crippen LogP contribution in [0.4, 0.5) is 0 Å². The molecule has 1 aliphatic heterocycles. The van der Waals surface area contributed by atoms with E-state index >= 15 is 0 Å². The molecule has 3 rings (SSSR count). The first-order valence-corrected chi connectivity index (χ1v) is 13.9. The predicted octanol–water partition coefficient (Wildman–Crippen LogP) is 2.46. The third kappa shape index (κ3) is 6.18. The van der Waals surface area contributed by atoms with Crippen molar-refractivity contribution in [2.45, 2.75) is 69.7 Å². The van der Waals surface area contributed by atoms with Crippen LogP contribution in [0.3, 0.4) is 0 Å². The molecule has 0 bridgehead atoms. The van der Waals surface area contributed by atoms with Crippen LogP contribution in [0.2, 0.25) is 5.04 Å². The maximum atomic E-state index is 11.4. The van der Waals surface area contributed by atoms with Crippen molar-refractivity contribution in [3.63, 3.8) is 0 Å². The fourth-order valence-electron chi connectivity index (χ4n) is 4.52. The number of carbonyl (C=O) groups excluding carboxylic acids is 1. The maximum Gasteiger partial charge on any atom is 0.331 e. The van der Waals surface area contributed by atoms with Crippen LogP contribution in [-0.4, -0.2) is 60.1 Å². The van der Waals surface area contributed by atoms with Crippen LogP contribution in [0.15, 0.2) is 85.0 Å². The number of aliphatic hydroxyl groups is 3. The fraction of sp³-hybridized carbons (Fsp3) is 0.393. The highest BCUT2D eigenvalue weighted by atomic mass is 28.4. The number of ether oxygens (including phenoxy) is 1. The van der Waals surface area contributed by atoms with Gasteiger partial charge in [-0.15, -0.1) is 0 Å². The highest BCUT2D eigenvalue weighted by Gasteiger charge is 2.52. The summed E-state index contributed by atoms with van der Waals surface area (Å²) in [6, 6.07) is 20.0. The van der Waals surface area contributed by atoms with Gasteiger partial charge in [0.1, 0.15) is 24.4 Å². The van der Waals surface area contributed by atoms with Crippen LogP contribution in [0, 0.1) is 0 Å². The van der Waals surface area contributed by atoms with Crippen LogP contribution in [-0.2, 0) is 14.0 Å². The number of cyclic esters (lactones) is 1. The summed E-state index contributed by atoms with van der Waals surface area (Å²) in [7, 11) is -2.94. The largest absolute Gasteiger partial charge is 0.455 e. The van der Waals surface area contributed by atoms with Crippen molar-refractivity contribution >= 4 is 24.7 Å². The lowest BCUT2D eigenvalue weighted by Crippen LogP contribution is -2.68. The van der Waals surface area contributed by atoms with E-state index < -0.39 is 44.8 Å². The zero-order chi connectivity index (χ0) is 25.6. The highest BCUT2D eigenvalue weighted by Crippen LogP contribution is 2.38. The van der Waals surface area contributed by atoms with E-state index in [4.69, 9.17) is 9.16 Å². The molecule has 1 aliphatic rings. The SMILES string of the molecule is C[C@@H](O[Si](c1ccccc1)(c1ccccc1)C(C)(C)C)[C@@H](O)[C@H](O)[C@H](O)/C=C/[C@@H]1CC=CC(=O)O1. The molecule has 0 saturated carbocycles. The summed E-state index contributed by atoms with van der Waals surface area (Å²) in [4.78, 5) is 11.4. The van der Waals surface area contributed by atoms with Gasteiger partial charge in [-0.2, -0.15) is 0 Å². The molecule has 0 spiro atoms. The van der Waals surface area contributed by atoms with Crippen molar-refractivity contribution in [2.75, 3.05) is 0 Å². The van der Waals surface area contributed by atoms with Crippen molar-refractivity contribution in [3.05, 3.63) is 85.0 Å². The fourth-order valence-corrected chi connectivity index (χ4v) is 9.24. The van der Waals surface area contributed by atoms with Gasteiger partial charge in [-0.3, -0.25) is 0 Å². The molecule has 2 aromatic rings. The number of esters is 1. The van der Waals surface area contributed by atoms with Gasteiger partial charge < -0.3 is 24.5 Å². The van der Waals surface area contributed by atoms with Crippen molar-refractivity contribution in [2.24, 2.45) is 0 Å². The van der Waals surface area contributed by atoms with Gasteiger partial charge in [0.25, 0.3) is 8.32 Å². The van der Waals surface area contributed by atoms with Crippen molar-refractivity contribution in [3.8, 4) is 0 Å². The Kier molecular flexibility index (Phi) is 8.85. The number of rotatable bonds is 9. The van der Waals surface area contributed by atoms with Gasteiger partial charge in [0, 0.05) is 12.5 Å². The summed E-state index contributed by atoms with van der Waals surface area (Å²) in [5, 5.41) is 34.1. The van der Waals surface area contributed by atoms with E-state index in [0.717, 1.165) is 10.4 Å². The van der Waals surface area contributed by atoms with Crippen LogP contribution >= 0.6 is 0 Å². The van der Waals surface area contributed by atoms with Gasteiger partial charge in [0.15, 0.2) is 0 Å². The first kappa shape index (κ1) is 27.0.